The zero-order valence-electron chi connectivity index (χ0n) is 49.7. The van der Waals surface area contributed by atoms with Crippen LogP contribution in [0.4, 0.5) is 0 Å². The summed E-state index contributed by atoms with van der Waals surface area (Å²) in [5.74, 6) is -0.811. The van der Waals surface area contributed by atoms with Crippen molar-refractivity contribution in [3.8, 4) is 0 Å². The van der Waals surface area contributed by atoms with Crippen LogP contribution >= 0.6 is 7.82 Å². The minimum absolute atomic E-state index is 0.0252. The number of hydrogen-bond donors (Lipinski definition) is 1. The maximum Gasteiger partial charge on any atom is 0.472 e. The zero-order chi connectivity index (χ0) is 55.6. The van der Waals surface area contributed by atoms with Crippen LogP contribution < -0.4 is 0 Å². The summed E-state index contributed by atoms with van der Waals surface area (Å²) in [5, 5.41) is 0. The predicted octanol–water partition coefficient (Wildman–Crippen LogP) is 19.6. The van der Waals surface area contributed by atoms with Gasteiger partial charge in [0, 0.05) is 12.8 Å². The van der Waals surface area contributed by atoms with Crippen molar-refractivity contribution in [2.45, 2.75) is 264 Å². The summed E-state index contributed by atoms with van der Waals surface area (Å²) in [6.07, 6.45) is 77.6. The van der Waals surface area contributed by atoms with Gasteiger partial charge in [0.15, 0.2) is 6.10 Å². The summed E-state index contributed by atoms with van der Waals surface area (Å²) in [7, 11) is 1.46. The monoisotopic (exact) mass is 1080 g/mol. The van der Waals surface area contributed by atoms with Gasteiger partial charge < -0.3 is 18.9 Å². The first-order valence-corrected chi connectivity index (χ1v) is 32.5. The fourth-order valence-electron chi connectivity index (χ4n) is 8.39. The number of likely N-dealkylation sites (N-methyl/N-ethyl adjacent to an activating group) is 1. The summed E-state index contributed by atoms with van der Waals surface area (Å²) < 4.78 is 34.6. The molecule has 0 saturated carbocycles. The van der Waals surface area contributed by atoms with Crippen molar-refractivity contribution >= 4 is 19.8 Å². The molecule has 9 nitrogen and oxygen atoms in total. The van der Waals surface area contributed by atoms with Gasteiger partial charge >= 0.3 is 19.8 Å². The van der Waals surface area contributed by atoms with Gasteiger partial charge in [-0.25, -0.2) is 4.57 Å². The van der Waals surface area contributed by atoms with Crippen molar-refractivity contribution in [1.29, 1.82) is 0 Å². The van der Waals surface area contributed by atoms with Crippen LogP contribution in [0.5, 0.6) is 0 Å². The van der Waals surface area contributed by atoms with Gasteiger partial charge in [-0.2, -0.15) is 0 Å². The summed E-state index contributed by atoms with van der Waals surface area (Å²) in [4.78, 5) is 35.7. The van der Waals surface area contributed by atoms with Gasteiger partial charge in [0.25, 0.3) is 0 Å². The van der Waals surface area contributed by atoms with E-state index in [-0.39, 0.29) is 32.0 Å². The van der Waals surface area contributed by atoms with Crippen molar-refractivity contribution in [1.82, 2.24) is 0 Å². The molecule has 0 bridgehead atoms. The molecule has 0 aliphatic heterocycles. The molecule has 0 aromatic carbocycles. The molecule has 0 rings (SSSR count). The summed E-state index contributed by atoms with van der Waals surface area (Å²) in [6.45, 7) is 4.32. The second-order valence-corrected chi connectivity index (χ2v) is 23.2. The van der Waals surface area contributed by atoms with E-state index < -0.39 is 26.5 Å². The Hall–Kier alpha value is -3.07. The molecule has 0 spiro atoms. The van der Waals surface area contributed by atoms with E-state index >= 15 is 0 Å². The average molecular weight is 1080 g/mol. The fraction of sp³-hybridized carbons (Fsp3) is 0.727. The van der Waals surface area contributed by atoms with Gasteiger partial charge in [0.2, 0.25) is 0 Å². The van der Waals surface area contributed by atoms with Crippen molar-refractivity contribution in [3.05, 3.63) is 97.2 Å². The molecule has 0 aromatic heterocycles. The lowest BCUT2D eigenvalue weighted by atomic mass is 10.0. The van der Waals surface area contributed by atoms with Gasteiger partial charge in [-0.15, -0.1) is 0 Å². The van der Waals surface area contributed by atoms with Gasteiger partial charge in [0.1, 0.15) is 19.8 Å². The topological polar surface area (TPSA) is 108 Å². The van der Waals surface area contributed by atoms with Crippen LogP contribution in [0.25, 0.3) is 0 Å². The second-order valence-electron chi connectivity index (χ2n) is 21.7. The first kappa shape index (κ1) is 72.9. The zero-order valence-corrected chi connectivity index (χ0v) is 50.6. The standard InChI is InChI=1S/C66H116NO8P/c1-6-8-10-12-14-16-18-20-22-24-26-28-29-30-31-32-33-34-35-36-37-39-41-43-45-47-49-51-53-55-57-59-66(69)75-64(63-74-76(70,71)73-61-60-67(3,4)5)62-72-65(68)58-56-54-52-50-48-46-44-42-40-38-27-25-23-21-19-17-15-13-11-9-7-2/h8,10,14,16,20,22,26,28,30-31,33-34,36-37,41,43,64H,6-7,9,11-13,15,17-19,21,23-25,27,29,32,35,38-40,42,44-63H2,1-5H3/p+1/b10-8-,16-14-,22-20-,28-26-,31-30-,34-33-,37-36-,43-41-. The third kappa shape index (κ3) is 60.2. The normalized spacial score (nSPS) is 13.9. The Kier molecular flexibility index (Phi) is 54.4. The summed E-state index contributed by atoms with van der Waals surface area (Å²) in [5.41, 5.74) is 0. The molecular weight excluding hydrogens is 966 g/mol. The molecule has 438 valence electrons. The first-order valence-electron chi connectivity index (χ1n) is 31.0. The second kappa shape index (κ2) is 56.6. The molecule has 0 aliphatic rings. The van der Waals surface area contributed by atoms with Gasteiger partial charge in [-0.1, -0.05) is 265 Å². The van der Waals surface area contributed by atoms with Crippen LogP contribution in [0.2, 0.25) is 0 Å². The smallest absolute Gasteiger partial charge is 0.462 e. The number of nitrogens with zero attached hydrogens (tertiary/aromatic N) is 1. The molecule has 2 atom stereocenters. The number of unbranched alkanes of at least 4 members (excludes halogenated alkanes) is 26. The molecule has 10 heteroatoms. The van der Waals surface area contributed by atoms with Crippen LogP contribution in [-0.2, 0) is 32.7 Å². The quantitative estimate of drug-likeness (QED) is 0.0211. The molecular formula is C66H117NO8P+. The van der Waals surface area contributed by atoms with E-state index in [1.807, 2.05) is 21.1 Å². The van der Waals surface area contributed by atoms with E-state index in [4.69, 9.17) is 18.5 Å². The van der Waals surface area contributed by atoms with Gasteiger partial charge in [-0.05, 0) is 77.0 Å². The molecule has 0 heterocycles. The Bertz CT molecular complexity index is 1600. The van der Waals surface area contributed by atoms with E-state index in [1.54, 1.807) is 0 Å². The number of phosphoric acid groups is 1. The highest BCUT2D eigenvalue weighted by atomic mass is 31.2. The summed E-state index contributed by atoms with van der Waals surface area (Å²) in [6, 6.07) is 0. The van der Waals surface area contributed by atoms with E-state index in [0.29, 0.717) is 17.4 Å². The van der Waals surface area contributed by atoms with Crippen molar-refractivity contribution in [2.75, 3.05) is 47.5 Å². The first-order chi connectivity index (χ1) is 37.0. The Morgan fingerprint density at radius 3 is 1.12 bits per heavy atom. The highest BCUT2D eigenvalue weighted by Gasteiger charge is 2.27. The lowest BCUT2D eigenvalue weighted by Crippen LogP contribution is -2.37. The Balaban J connectivity index is 4.19. The minimum atomic E-state index is -4.40. The van der Waals surface area contributed by atoms with E-state index in [1.165, 1.54) is 116 Å². The lowest BCUT2D eigenvalue weighted by molar-refractivity contribution is -0.870. The molecule has 2 unspecified atom stereocenters. The number of ether oxygens (including phenoxy) is 2. The highest BCUT2D eigenvalue weighted by molar-refractivity contribution is 7.47. The molecule has 0 amide bonds. The SMILES string of the molecule is CC/C=C\C/C=C\C/C=C\C/C=C\C/C=C\C/C=C\C/C=C\C/C=C\CCCCCCCCC(=O)OC(COC(=O)CCCCCCCCCCCCCCCCCCCCCCC)COP(=O)(O)OCC[N+](C)(C)C. The third-order valence-electron chi connectivity index (χ3n) is 13.1. The number of hydrogen-bond acceptors (Lipinski definition) is 7. The molecule has 1 N–H and O–H groups in total. The van der Waals surface area contributed by atoms with Crippen LogP contribution in [-0.4, -0.2) is 74.9 Å². The molecule has 76 heavy (non-hydrogen) atoms. The number of carbonyl (C=O) groups is 2. The number of rotatable bonds is 56. The van der Waals surface area contributed by atoms with Crippen LogP contribution in [0, 0.1) is 0 Å². The average Bonchev–Trinajstić information content (AvgIpc) is 3.38. The van der Waals surface area contributed by atoms with E-state index in [9.17, 15) is 19.0 Å². The third-order valence-corrected chi connectivity index (χ3v) is 14.1. The maximum atomic E-state index is 12.8. The maximum absolute atomic E-state index is 12.8. The van der Waals surface area contributed by atoms with Crippen molar-refractivity contribution < 1.29 is 42.1 Å². The molecule has 0 aromatic rings. The van der Waals surface area contributed by atoms with Crippen LogP contribution in [0.1, 0.15) is 258 Å². The Labute approximate surface area is 468 Å². The van der Waals surface area contributed by atoms with Crippen LogP contribution in [0.3, 0.4) is 0 Å². The number of carbonyl (C=O) groups excluding carboxylic acids is 2. The number of allylic oxidation sites excluding steroid dienone is 16. The largest absolute Gasteiger partial charge is 0.472 e. The fourth-order valence-corrected chi connectivity index (χ4v) is 9.13. The highest BCUT2D eigenvalue weighted by Crippen LogP contribution is 2.43. The van der Waals surface area contributed by atoms with Gasteiger partial charge in [0.05, 0.1) is 27.7 Å². The van der Waals surface area contributed by atoms with E-state index in [2.05, 4.69) is 111 Å². The Morgan fingerprint density at radius 1 is 0.421 bits per heavy atom. The van der Waals surface area contributed by atoms with Crippen molar-refractivity contribution in [2.24, 2.45) is 0 Å². The minimum Gasteiger partial charge on any atom is -0.462 e. The van der Waals surface area contributed by atoms with Gasteiger partial charge in [-0.3, -0.25) is 18.6 Å². The number of phosphoric ester groups is 1. The molecule has 0 aliphatic carbocycles. The van der Waals surface area contributed by atoms with Crippen molar-refractivity contribution in [3.63, 3.8) is 0 Å². The predicted molar refractivity (Wildman–Crippen MR) is 325 cm³/mol. The van der Waals surface area contributed by atoms with Crippen LogP contribution in [0.15, 0.2) is 97.2 Å². The number of quaternary nitrogens is 1. The Morgan fingerprint density at radius 2 is 0.750 bits per heavy atom. The molecule has 0 saturated heterocycles. The summed E-state index contributed by atoms with van der Waals surface area (Å²) >= 11 is 0. The lowest BCUT2D eigenvalue weighted by Gasteiger charge is -2.24. The number of esters is 2. The van der Waals surface area contributed by atoms with E-state index in [0.717, 1.165) is 109 Å². The molecule has 0 fully saturated rings. The molecule has 0 radical (unpaired) electrons.